The number of benzene rings is 1. The molecule has 2 rings (SSSR count). The second-order valence-corrected chi connectivity index (χ2v) is 8.56. The highest BCUT2D eigenvalue weighted by Gasteiger charge is 2.19. The van der Waals surface area contributed by atoms with E-state index in [0.29, 0.717) is 25.1 Å². The number of nitrogens with two attached hydrogens (primary N) is 1. The van der Waals surface area contributed by atoms with E-state index in [4.69, 9.17) is 21.4 Å². The third kappa shape index (κ3) is 9.50. The lowest BCUT2D eigenvalue weighted by Crippen LogP contribution is -2.32. The Morgan fingerprint density at radius 1 is 1.31 bits per heavy atom. The Kier molecular flexibility index (Phi) is 12.5. The standard InChI is InChI=1S/C27H40N6O2/c1-3-5-6-7-9-25(31-16-15-23(20-28)24(29)4-2)21-11-13-22(14-12-21)27(30)32-35-19-18-33-17-8-10-26(33)34/h4,7,9,11-16,20,23-25,28,31H,2-3,5-6,8,10,17-19,29H2,1H3,(H2,30,32)/b9-7+,16-15+,28-20?. The van der Waals surface area contributed by atoms with Crippen LogP contribution in [0.4, 0.5) is 0 Å². The van der Waals surface area contributed by atoms with Crippen molar-refractivity contribution in [1.82, 2.24) is 15.7 Å². The van der Waals surface area contributed by atoms with Crippen LogP contribution in [-0.2, 0) is 9.63 Å². The minimum Gasteiger partial charge on any atom is -0.381 e. The topological polar surface area (TPSA) is 127 Å². The predicted molar refractivity (Wildman–Crippen MR) is 142 cm³/mol. The molecule has 0 radical (unpaired) electrons. The molecule has 1 aromatic rings. The summed E-state index contributed by atoms with van der Waals surface area (Å²) in [6.45, 7) is 7.51. The van der Waals surface area contributed by atoms with Crippen molar-refractivity contribution in [2.75, 3.05) is 19.7 Å². The van der Waals surface area contributed by atoms with Crippen LogP contribution in [-0.4, -0.2) is 48.6 Å². The number of hydrogen-bond donors (Lipinski definition) is 5. The van der Waals surface area contributed by atoms with Gasteiger partial charge in [-0.15, -0.1) is 6.58 Å². The van der Waals surface area contributed by atoms with Crippen LogP contribution in [0.15, 0.2) is 61.3 Å². The van der Waals surface area contributed by atoms with E-state index in [2.05, 4.69) is 36.5 Å². The van der Waals surface area contributed by atoms with Crippen LogP contribution < -0.4 is 16.5 Å². The summed E-state index contributed by atoms with van der Waals surface area (Å²) in [5.41, 5.74) is 10.4. The van der Waals surface area contributed by atoms with Crippen LogP contribution in [0, 0.1) is 16.7 Å². The number of amides is 1. The van der Waals surface area contributed by atoms with E-state index in [1.54, 1.807) is 11.0 Å². The van der Waals surface area contributed by atoms with Gasteiger partial charge < -0.3 is 21.4 Å². The number of nitrogens with zero attached hydrogens (tertiary/aromatic N) is 1. The summed E-state index contributed by atoms with van der Waals surface area (Å²) in [7, 11) is 0. The molecule has 0 spiro atoms. The fourth-order valence-corrected chi connectivity index (χ4v) is 3.68. The van der Waals surface area contributed by atoms with Gasteiger partial charge >= 0.3 is 0 Å². The number of rotatable bonds is 16. The molecule has 1 heterocycles. The lowest BCUT2D eigenvalue weighted by molar-refractivity contribution is -0.128. The molecule has 1 saturated heterocycles. The van der Waals surface area contributed by atoms with E-state index in [1.165, 1.54) is 6.21 Å². The molecule has 1 aliphatic rings. The van der Waals surface area contributed by atoms with E-state index in [1.807, 2.05) is 36.5 Å². The number of hydroxylamine groups is 1. The number of allylic oxidation sites excluding steroid dienone is 1. The van der Waals surface area contributed by atoms with Crippen molar-refractivity contribution < 1.29 is 9.63 Å². The molecule has 0 aromatic heterocycles. The zero-order valence-corrected chi connectivity index (χ0v) is 20.7. The Balaban J connectivity index is 1.95. The van der Waals surface area contributed by atoms with Gasteiger partial charge in [-0.25, -0.2) is 5.48 Å². The van der Waals surface area contributed by atoms with Crippen molar-refractivity contribution >= 4 is 18.0 Å². The lowest BCUT2D eigenvalue weighted by Gasteiger charge is -2.17. The molecule has 35 heavy (non-hydrogen) atoms. The van der Waals surface area contributed by atoms with Gasteiger partial charge in [0.1, 0.15) is 5.84 Å². The Hall–Kier alpha value is -3.23. The number of amidine groups is 1. The first kappa shape index (κ1) is 28.0. The van der Waals surface area contributed by atoms with Gasteiger partial charge in [0.05, 0.1) is 12.6 Å². The predicted octanol–water partition coefficient (Wildman–Crippen LogP) is 3.83. The van der Waals surface area contributed by atoms with Crippen LogP contribution in [0.2, 0.25) is 0 Å². The minimum atomic E-state index is -0.306. The van der Waals surface area contributed by atoms with Crippen molar-refractivity contribution in [2.24, 2.45) is 11.7 Å². The fraction of sp³-hybridized carbons (Fsp3) is 0.444. The Bertz CT molecular complexity index is 880. The second kappa shape index (κ2) is 15.6. The molecule has 1 aliphatic heterocycles. The molecule has 8 nitrogen and oxygen atoms in total. The SMILES string of the molecule is C=CC(N)C(C=N)/C=C/NC(/C=C/CCCC)c1ccc(C(=N)NOCCN2CCCC2=O)cc1. The maximum atomic E-state index is 11.6. The number of nitrogens with one attached hydrogen (secondary N) is 4. The Morgan fingerprint density at radius 3 is 2.71 bits per heavy atom. The van der Waals surface area contributed by atoms with Crippen LogP contribution in [0.5, 0.6) is 0 Å². The lowest BCUT2D eigenvalue weighted by atomic mass is 10.0. The molecule has 6 N–H and O–H groups in total. The van der Waals surface area contributed by atoms with Crippen molar-refractivity contribution in [3.63, 3.8) is 0 Å². The summed E-state index contributed by atoms with van der Waals surface area (Å²) in [6, 6.07) is 7.36. The van der Waals surface area contributed by atoms with Crippen LogP contribution in [0.1, 0.15) is 56.2 Å². The van der Waals surface area contributed by atoms with Gasteiger partial charge in [0.2, 0.25) is 5.91 Å². The normalized spacial score (nSPS) is 16.4. The molecule has 3 unspecified atom stereocenters. The van der Waals surface area contributed by atoms with E-state index in [9.17, 15) is 4.79 Å². The number of carbonyl (C=O) groups excluding carboxylic acids is 1. The number of carbonyl (C=O) groups is 1. The molecular formula is C27H40N6O2. The van der Waals surface area contributed by atoms with Gasteiger partial charge in [0.15, 0.2) is 0 Å². The third-order valence-electron chi connectivity index (χ3n) is 5.92. The maximum Gasteiger partial charge on any atom is 0.222 e. The third-order valence-corrected chi connectivity index (χ3v) is 5.92. The highest BCUT2D eigenvalue weighted by molar-refractivity contribution is 5.95. The molecule has 3 atom stereocenters. The quantitative estimate of drug-likeness (QED) is 0.0808. The Morgan fingerprint density at radius 2 is 2.09 bits per heavy atom. The first-order valence-corrected chi connectivity index (χ1v) is 12.3. The molecule has 0 bridgehead atoms. The fourth-order valence-electron chi connectivity index (χ4n) is 3.68. The van der Waals surface area contributed by atoms with Gasteiger partial charge in [0, 0.05) is 43.2 Å². The number of unbranched alkanes of at least 4 members (excludes halogenated alkanes) is 2. The van der Waals surface area contributed by atoms with Gasteiger partial charge in [-0.2, -0.15) is 0 Å². The highest BCUT2D eigenvalue weighted by atomic mass is 16.6. The number of hydrogen-bond acceptors (Lipinski definition) is 6. The zero-order valence-electron chi connectivity index (χ0n) is 20.7. The van der Waals surface area contributed by atoms with Gasteiger partial charge in [-0.3, -0.25) is 15.0 Å². The van der Waals surface area contributed by atoms with Gasteiger partial charge in [-0.1, -0.05) is 68.3 Å². The molecule has 1 fully saturated rings. The molecule has 0 saturated carbocycles. The molecule has 190 valence electrons. The van der Waals surface area contributed by atoms with E-state index >= 15 is 0 Å². The first-order valence-electron chi connectivity index (χ1n) is 12.3. The van der Waals surface area contributed by atoms with Crippen LogP contribution in [0.3, 0.4) is 0 Å². The van der Waals surface area contributed by atoms with Crippen LogP contribution >= 0.6 is 0 Å². The summed E-state index contributed by atoms with van der Waals surface area (Å²) in [5, 5.41) is 19.2. The van der Waals surface area contributed by atoms with Crippen molar-refractivity contribution in [2.45, 2.75) is 51.1 Å². The summed E-state index contributed by atoms with van der Waals surface area (Å²) >= 11 is 0. The van der Waals surface area contributed by atoms with Crippen molar-refractivity contribution in [3.8, 4) is 0 Å². The van der Waals surface area contributed by atoms with Gasteiger partial charge in [-0.05, 0) is 24.6 Å². The van der Waals surface area contributed by atoms with E-state index < -0.39 is 0 Å². The summed E-state index contributed by atoms with van der Waals surface area (Å²) in [4.78, 5) is 18.8. The summed E-state index contributed by atoms with van der Waals surface area (Å²) in [5.74, 6) is 0.111. The smallest absolute Gasteiger partial charge is 0.222 e. The molecular weight excluding hydrogens is 440 g/mol. The van der Waals surface area contributed by atoms with E-state index in [0.717, 1.165) is 37.8 Å². The zero-order chi connectivity index (χ0) is 25.5. The molecule has 8 heteroatoms. The average Bonchev–Trinajstić information content (AvgIpc) is 3.29. The second-order valence-electron chi connectivity index (χ2n) is 8.56. The largest absolute Gasteiger partial charge is 0.381 e. The maximum absolute atomic E-state index is 11.6. The summed E-state index contributed by atoms with van der Waals surface area (Å²) < 4.78 is 0. The minimum absolute atomic E-state index is 0.0557. The van der Waals surface area contributed by atoms with Crippen molar-refractivity contribution in [3.05, 3.63) is 72.5 Å². The average molecular weight is 481 g/mol. The first-order chi connectivity index (χ1) is 17.0. The number of likely N-dealkylation sites (tertiary alicyclic amines) is 1. The molecule has 0 aliphatic carbocycles. The summed E-state index contributed by atoms with van der Waals surface area (Å²) in [6.07, 6.45) is 15.8. The van der Waals surface area contributed by atoms with Crippen LogP contribution in [0.25, 0.3) is 0 Å². The highest BCUT2D eigenvalue weighted by Crippen LogP contribution is 2.17. The molecule has 1 amide bonds. The molecule has 1 aromatic carbocycles. The van der Waals surface area contributed by atoms with Crippen molar-refractivity contribution in [1.29, 1.82) is 10.8 Å². The monoisotopic (exact) mass is 480 g/mol. The van der Waals surface area contributed by atoms with E-state index in [-0.39, 0.29) is 29.7 Å². The van der Waals surface area contributed by atoms with Gasteiger partial charge in [0.25, 0.3) is 0 Å². The Labute approximate surface area is 209 Å².